The number of nitrogens with one attached hydrogen (secondary N) is 1. The Kier molecular flexibility index (Phi) is 6.21. The molecule has 0 aliphatic rings. The van der Waals surface area contributed by atoms with Gasteiger partial charge in [0, 0.05) is 16.3 Å². The molecule has 7 heteroatoms. The van der Waals surface area contributed by atoms with Crippen molar-refractivity contribution in [2.24, 2.45) is 0 Å². The zero-order valence-electron chi connectivity index (χ0n) is 15.0. The number of benzene rings is 1. The highest BCUT2D eigenvalue weighted by Gasteiger charge is 2.26. The summed E-state index contributed by atoms with van der Waals surface area (Å²) in [5.74, 6) is -1.57. The monoisotopic (exact) mass is 377 g/mol. The SMILES string of the molecule is CCOC(=O)c1c(C)[nH]c(C(=O)O[C@H](C)C(=O)c2ccc(Cl)cc2)c1C. The molecule has 0 saturated heterocycles. The van der Waals surface area contributed by atoms with E-state index in [1.54, 1.807) is 45.0 Å². The molecule has 1 N–H and O–H groups in total. The van der Waals surface area contributed by atoms with E-state index in [2.05, 4.69) is 4.98 Å². The number of rotatable bonds is 6. The van der Waals surface area contributed by atoms with E-state index < -0.39 is 18.0 Å². The minimum atomic E-state index is -0.988. The summed E-state index contributed by atoms with van der Waals surface area (Å²) in [6, 6.07) is 6.32. The maximum Gasteiger partial charge on any atom is 0.355 e. The average molecular weight is 378 g/mol. The Labute approximate surface area is 156 Å². The maximum atomic E-state index is 12.4. The summed E-state index contributed by atoms with van der Waals surface area (Å²) in [5.41, 5.74) is 1.75. The fraction of sp³-hybridized carbons (Fsp3) is 0.316. The Morgan fingerprint density at radius 2 is 1.73 bits per heavy atom. The molecule has 138 valence electrons. The van der Waals surface area contributed by atoms with Crippen LogP contribution in [0.2, 0.25) is 5.02 Å². The summed E-state index contributed by atoms with van der Waals surface area (Å²) in [7, 11) is 0. The van der Waals surface area contributed by atoms with Crippen LogP contribution >= 0.6 is 11.6 Å². The highest BCUT2D eigenvalue weighted by Crippen LogP contribution is 2.21. The van der Waals surface area contributed by atoms with E-state index in [0.717, 1.165) is 0 Å². The van der Waals surface area contributed by atoms with Crippen molar-refractivity contribution in [1.29, 1.82) is 0 Å². The molecule has 0 fully saturated rings. The van der Waals surface area contributed by atoms with Crippen LogP contribution in [0.3, 0.4) is 0 Å². The number of hydrogen-bond acceptors (Lipinski definition) is 5. The van der Waals surface area contributed by atoms with Crippen LogP contribution in [0.1, 0.15) is 56.3 Å². The van der Waals surface area contributed by atoms with Crippen molar-refractivity contribution in [3.05, 3.63) is 57.4 Å². The molecule has 1 atom stereocenters. The smallest absolute Gasteiger partial charge is 0.355 e. The molecular weight excluding hydrogens is 358 g/mol. The van der Waals surface area contributed by atoms with E-state index in [1.165, 1.54) is 6.92 Å². The number of carbonyl (C=O) groups excluding carboxylic acids is 3. The Hall–Kier alpha value is -2.60. The number of aryl methyl sites for hydroxylation is 1. The van der Waals surface area contributed by atoms with E-state index in [1.807, 2.05) is 0 Å². The molecule has 0 bridgehead atoms. The number of aromatic nitrogens is 1. The summed E-state index contributed by atoms with van der Waals surface area (Å²) in [6.45, 7) is 6.71. The van der Waals surface area contributed by atoms with Crippen LogP contribution in [0, 0.1) is 13.8 Å². The van der Waals surface area contributed by atoms with Gasteiger partial charge in [-0.05, 0) is 57.5 Å². The predicted octanol–water partition coefficient (Wildman–Crippen LogP) is 3.89. The summed E-state index contributed by atoms with van der Waals surface area (Å²) in [6.07, 6.45) is -0.988. The van der Waals surface area contributed by atoms with Crippen molar-refractivity contribution < 1.29 is 23.9 Å². The Balaban J connectivity index is 2.17. The number of H-pyrrole nitrogens is 1. The average Bonchev–Trinajstić information content (AvgIpc) is 2.89. The highest BCUT2D eigenvalue weighted by atomic mass is 35.5. The van der Waals surface area contributed by atoms with E-state index in [4.69, 9.17) is 21.1 Å². The molecule has 0 aliphatic heterocycles. The summed E-state index contributed by atoms with van der Waals surface area (Å²) in [4.78, 5) is 39.6. The van der Waals surface area contributed by atoms with Gasteiger partial charge >= 0.3 is 11.9 Å². The van der Waals surface area contributed by atoms with Gasteiger partial charge in [-0.2, -0.15) is 0 Å². The number of carbonyl (C=O) groups is 3. The van der Waals surface area contributed by atoms with Gasteiger partial charge in [-0.3, -0.25) is 4.79 Å². The maximum absolute atomic E-state index is 12.4. The summed E-state index contributed by atoms with van der Waals surface area (Å²) >= 11 is 5.80. The van der Waals surface area contributed by atoms with Gasteiger partial charge in [0.15, 0.2) is 6.10 Å². The molecule has 1 aromatic carbocycles. The van der Waals surface area contributed by atoms with Gasteiger partial charge in [0.25, 0.3) is 0 Å². The zero-order valence-corrected chi connectivity index (χ0v) is 15.8. The number of ketones is 1. The standard InChI is InChI=1S/C19H20ClNO5/c1-5-25-18(23)15-10(2)16(21-11(15)3)19(24)26-12(4)17(22)13-6-8-14(20)9-7-13/h6-9,12,21H,5H2,1-4H3/t12-/m1/s1. The van der Waals surface area contributed by atoms with Gasteiger partial charge in [0.1, 0.15) is 5.69 Å². The number of esters is 2. The van der Waals surface area contributed by atoms with Gasteiger partial charge < -0.3 is 14.5 Å². The third-order valence-corrected chi connectivity index (χ3v) is 4.15. The number of hydrogen-bond donors (Lipinski definition) is 1. The third kappa shape index (κ3) is 4.14. The Bertz CT molecular complexity index is 838. The van der Waals surface area contributed by atoms with Gasteiger partial charge in [-0.1, -0.05) is 11.6 Å². The van der Waals surface area contributed by atoms with E-state index in [0.29, 0.717) is 27.4 Å². The second-order valence-corrected chi connectivity index (χ2v) is 6.20. The number of aromatic amines is 1. The predicted molar refractivity (Wildman–Crippen MR) is 96.9 cm³/mol. The van der Waals surface area contributed by atoms with Crippen LogP contribution in [-0.2, 0) is 9.47 Å². The molecule has 0 radical (unpaired) electrons. The molecule has 0 spiro atoms. The molecule has 1 aromatic heterocycles. The largest absolute Gasteiger partial charge is 0.462 e. The second kappa shape index (κ2) is 8.19. The fourth-order valence-electron chi connectivity index (χ4n) is 2.59. The van der Waals surface area contributed by atoms with Crippen molar-refractivity contribution in [2.75, 3.05) is 6.61 Å². The lowest BCUT2D eigenvalue weighted by atomic mass is 10.1. The van der Waals surface area contributed by atoms with Crippen LogP contribution < -0.4 is 0 Å². The van der Waals surface area contributed by atoms with Gasteiger partial charge in [0.05, 0.1) is 12.2 Å². The quantitative estimate of drug-likeness (QED) is 0.609. The van der Waals surface area contributed by atoms with Gasteiger partial charge in [-0.25, -0.2) is 9.59 Å². The summed E-state index contributed by atoms with van der Waals surface area (Å²) in [5, 5.41) is 0.509. The first-order valence-electron chi connectivity index (χ1n) is 8.13. The molecule has 1 heterocycles. The number of halogens is 1. The van der Waals surface area contributed by atoms with E-state index >= 15 is 0 Å². The minimum absolute atomic E-state index is 0.126. The molecule has 6 nitrogen and oxygen atoms in total. The van der Waals surface area contributed by atoms with Crippen LogP contribution in [0.25, 0.3) is 0 Å². The minimum Gasteiger partial charge on any atom is -0.462 e. The topological polar surface area (TPSA) is 85.5 Å². The molecule has 0 aliphatic carbocycles. The first kappa shape index (κ1) is 19.7. The van der Waals surface area contributed by atoms with Crippen LogP contribution in [-0.4, -0.2) is 35.4 Å². The van der Waals surface area contributed by atoms with E-state index in [9.17, 15) is 14.4 Å². The molecule has 0 saturated carbocycles. The van der Waals surface area contributed by atoms with Gasteiger partial charge in [0.2, 0.25) is 5.78 Å². The zero-order chi connectivity index (χ0) is 19.4. The Morgan fingerprint density at radius 3 is 2.31 bits per heavy atom. The molecular formula is C19H20ClNO5. The number of ether oxygens (including phenoxy) is 2. The molecule has 2 rings (SSSR count). The normalized spacial score (nSPS) is 11.7. The van der Waals surface area contributed by atoms with Crippen LogP contribution in [0.4, 0.5) is 0 Å². The lowest BCUT2D eigenvalue weighted by molar-refractivity contribution is 0.0313. The highest BCUT2D eigenvalue weighted by molar-refractivity contribution is 6.30. The molecule has 2 aromatic rings. The second-order valence-electron chi connectivity index (χ2n) is 5.76. The van der Waals surface area contributed by atoms with Crippen molar-refractivity contribution in [3.63, 3.8) is 0 Å². The lowest BCUT2D eigenvalue weighted by Gasteiger charge is -2.12. The fourth-order valence-corrected chi connectivity index (χ4v) is 2.71. The first-order chi connectivity index (χ1) is 12.3. The first-order valence-corrected chi connectivity index (χ1v) is 8.51. The van der Waals surface area contributed by atoms with Crippen molar-refractivity contribution in [2.45, 2.75) is 33.8 Å². The van der Waals surface area contributed by atoms with E-state index in [-0.39, 0.29) is 18.1 Å². The summed E-state index contributed by atoms with van der Waals surface area (Å²) < 4.78 is 10.3. The van der Waals surface area contributed by atoms with Gasteiger partial charge in [-0.15, -0.1) is 0 Å². The van der Waals surface area contributed by atoms with Crippen molar-refractivity contribution in [3.8, 4) is 0 Å². The lowest BCUT2D eigenvalue weighted by Crippen LogP contribution is -2.25. The third-order valence-electron chi connectivity index (χ3n) is 3.90. The van der Waals surface area contributed by atoms with Crippen molar-refractivity contribution >= 4 is 29.3 Å². The Morgan fingerprint density at radius 1 is 1.12 bits per heavy atom. The van der Waals surface area contributed by atoms with Crippen LogP contribution in [0.15, 0.2) is 24.3 Å². The van der Waals surface area contributed by atoms with Crippen molar-refractivity contribution in [1.82, 2.24) is 4.98 Å². The molecule has 26 heavy (non-hydrogen) atoms. The number of Topliss-reactive ketones (excluding diaryl/α,β-unsaturated/α-hetero) is 1. The van der Waals surface area contributed by atoms with Crippen LogP contribution in [0.5, 0.6) is 0 Å². The molecule has 0 unspecified atom stereocenters. The molecule has 0 amide bonds.